The van der Waals surface area contributed by atoms with E-state index in [1.54, 1.807) is 0 Å². The van der Waals surface area contributed by atoms with E-state index in [-0.39, 0.29) is 18.5 Å². The van der Waals surface area contributed by atoms with Crippen LogP contribution in [-0.4, -0.2) is 47.4 Å². The molecule has 2 atom stereocenters. The molecule has 0 aliphatic carbocycles. The summed E-state index contributed by atoms with van der Waals surface area (Å²) in [6.45, 7) is 4.98. The highest BCUT2D eigenvalue weighted by molar-refractivity contribution is 5.76. The second kappa shape index (κ2) is 77.5. The van der Waals surface area contributed by atoms with Gasteiger partial charge in [0.25, 0.3) is 0 Å². The van der Waals surface area contributed by atoms with Crippen molar-refractivity contribution >= 4 is 11.9 Å². The lowest BCUT2D eigenvalue weighted by Crippen LogP contribution is -2.45. The van der Waals surface area contributed by atoms with Gasteiger partial charge in [-0.25, -0.2) is 0 Å². The maximum absolute atomic E-state index is 12.6. The van der Waals surface area contributed by atoms with Crippen LogP contribution < -0.4 is 5.32 Å². The van der Waals surface area contributed by atoms with Crippen LogP contribution in [0.2, 0.25) is 0 Å². The maximum Gasteiger partial charge on any atom is 0.305 e. The van der Waals surface area contributed by atoms with E-state index in [0.29, 0.717) is 25.9 Å². The third kappa shape index (κ3) is 73.1. The minimum atomic E-state index is -0.665. The van der Waals surface area contributed by atoms with Crippen LogP contribution in [0.25, 0.3) is 0 Å². The molecule has 3 N–H and O–H groups in total. The molecule has 0 aliphatic rings. The van der Waals surface area contributed by atoms with Crippen molar-refractivity contribution in [2.24, 2.45) is 0 Å². The molecule has 0 heterocycles. The van der Waals surface area contributed by atoms with Crippen molar-refractivity contribution < 1.29 is 24.5 Å². The Morgan fingerprint density at radius 3 is 0.898 bits per heavy atom. The Kier molecular flexibility index (Phi) is 75.8. The highest BCUT2D eigenvalue weighted by Gasteiger charge is 2.20. The van der Waals surface area contributed by atoms with Crippen LogP contribution in [0.1, 0.15) is 450 Å². The van der Waals surface area contributed by atoms with E-state index in [9.17, 15) is 19.8 Å². The first-order valence-electron chi connectivity index (χ1n) is 40.2. The van der Waals surface area contributed by atoms with Crippen LogP contribution >= 0.6 is 0 Å². The Bertz CT molecular complexity index is 1430. The monoisotopic (exact) mass is 1240 g/mol. The van der Waals surface area contributed by atoms with Gasteiger partial charge in [-0.1, -0.05) is 391 Å². The maximum atomic E-state index is 12.6. The molecule has 88 heavy (non-hydrogen) atoms. The predicted octanol–water partition coefficient (Wildman–Crippen LogP) is 26.6. The smallest absolute Gasteiger partial charge is 0.305 e. The van der Waals surface area contributed by atoms with Gasteiger partial charge >= 0.3 is 5.97 Å². The number of amides is 1. The number of hydrogen-bond acceptors (Lipinski definition) is 5. The van der Waals surface area contributed by atoms with Crippen molar-refractivity contribution in [1.29, 1.82) is 0 Å². The molecule has 6 heteroatoms. The molecule has 0 aromatic rings. The van der Waals surface area contributed by atoms with Crippen LogP contribution in [0.15, 0.2) is 36.5 Å². The van der Waals surface area contributed by atoms with Gasteiger partial charge in [0.15, 0.2) is 0 Å². The van der Waals surface area contributed by atoms with Gasteiger partial charge in [0, 0.05) is 12.8 Å². The zero-order valence-corrected chi connectivity index (χ0v) is 59.7. The third-order valence-electron chi connectivity index (χ3n) is 18.9. The molecule has 0 spiro atoms. The number of carbonyl (C=O) groups is 2. The van der Waals surface area contributed by atoms with Crippen molar-refractivity contribution in [3.63, 3.8) is 0 Å². The molecule has 1 amide bonds. The summed E-state index contributed by atoms with van der Waals surface area (Å²) in [5.74, 6) is -0.0141. The molecule has 0 aromatic heterocycles. The van der Waals surface area contributed by atoms with E-state index in [1.165, 1.54) is 366 Å². The Hall–Kier alpha value is -1.92. The number of allylic oxidation sites excluding steroid dienone is 6. The van der Waals surface area contributed by atoms with Gasteiger partial charge in [0.2, 0.25) is 5.91 Å². The van der Waals surface area contributed by atoms with E-state index in [1.807, 2.05) is 0 Å². The van der Waals surface area contributed by atoms with E-state index >= 15 is 0 Å². The molecule has 0 bridgehead atoms. The van der Waals surface area contributed by atoms with Gasteiger partial charge in [-0.05, 0) is 83.5 Å². The molecular formula is C82H157NO5. The summed E-state index contributed by atoms with van der Waals surface area (Å²) < 4.78 is 5.51. The number of aliphatic hydroxyl groups is 2. The summed E-state index contributed by atoms with van der Waals surface area (Å²) in [6.07, 6.45) is 101. The number of aliphatic hydroxyl groups excluding tert-OH is 2. The first-order valence-corrected chi connectivity index (χ1v) is 40.2. The number of hydrogen-bond donors (Lipinski definition) is 3. The Morgan fingerprint density at radius 2 is 0.568 bits per heavy atom. The standard InChI is InChI=1S/C82H157NO5/c1-3-5-7-9-11-13-15-17-19-21-23-24-35-39-42-46-50-54-58-62-66-70-74-80(85)79(78-84)83-81(86)75-71-67-63-59-55-51-47-43-40-36-33-31-29-27-25-26-28-30-32-34-37-41-45-49-53-57-61-65-69-73-77-88-82(87)76-72-68-64-60-56-52-48-44-38-22-20-18-16-14-12-10-8-6-4-2/h12,14,18,20,26,28,79-80,84-85H,3-11,13,15-17,19,21-25,27,29-78H2,1-2H3,(H,83,86)/b14-12-,20-18-,28-26-. The SMILES string of the molecule is CCCCC/C=C\C/C=C\CCCCCCCCCCCC(=O)OCCCCCCCCCCCCCC/C=C\CCCCCCCCCCCCCCCCC(=O)NC(CO)C(O)CCCCCCCCCCCCCCCCCCCCCCCC. The van der Waals surface area contributed by atoms with Crippen LogP contribution in [0.4, 0.5) is 0 Å². The van der Waals surface area contributed by atoms with Gasteiger partial charge in [0.05, 0.1) is 25.4 Å². The summed E-state index contributed by atoms with van der Waals surface area (Å²) in [7, 11) is 0. The molecule has 0 aliphatic heterocycles. The predicted molar refractivity (Wildman–Crippen MR) is 389 cm³/mol. The summed E-state index contributed by atoms with van der Waals surface area (Å²) in [5, 5.41) is 23.5. The van der Waals surface area contributed by atoms with Gasteiger partial charge in [-0.15, -0.1) is 0 Å². The van der Waals surface area contributed by atoms with Gasteiger partial charge in [0.1, 0.15) is 0 Å². The first kappa shape index (κ1) is 86.1. The lowest BCUT2D eigenvalue weighted by molar-refractivity contribution is -0.143. The zero-order valence-electron chi connectivity index (χ0n) is 59.7. The van der Waals surface area contributed by atoms with Crippen LogP contribution in [0, 0.1) is 0 Å². The van der Waals surface area contributed by atoms with Crippen molar-refractivity contribution in [3.8, 4) is 0 Å². The van der Waals surface area contributed by atoms with Crippen molar-refractivity contribution in [2.75, 3.05) is 13.2 Å². The fourth-order valence-corrected chi connectivity index (χ4v) is 12.8. The zero-order chi connectivity index (χ0) is 63.5. The summed E-state index contributed by atoms with van der Waals surface area (Å²) in [4.78, 5) is 24.7. The molecular weight excluding hydrogens is 1080 g/mol. The van der Waals surface area contributed by atoms with Gasteiger partial charge in [-0.3, -0.25) is 9.59 Å². The quantitative estimate of drug-likeness (QED) is 0.0320. The lowest BCUT2D eigenvalue weighted by Gasteiger charge is -2.22. The van der Waals surface area contributed by atoms with E-state index in [4.69, 9.17) is 4.74 Å². The second-order valence-corrected chi connectivity index (χ2v) is 27.7. The fraction of sp³-hybridized carbons (Fsp3) is 0.902. The Labute approximate surface area is 551 Å². The molecule has 0 saturated heterocycles. The molecule has 520 valence electrons. The molecule has 2 unspecified atom stereocenters. The number of ether oxygens (including phenoxy) is 1. The van der Waals surface area contributed by atoms with Crippen molar-refractivity contribution in [2.45, 2.75) is 463 Å². The lowest BCUT2D eigenvalue weighted by atomic mass is 10.0. The first-order chi connectivity index (χ1) is 43.5. The summed E-state index contributed by atoms with van der Waals surface area (Å²) in [5.41, 5.74) is 0. The van der Waals surface area contributed by atoms with Crippen molar-refractivity contribution in [3.05, 3.63) is 36.5 Å². The number of carbonyl (C=O) groups excluding carboxylic acids is 2. The number of nitrogens with one attached hydrogen (secondary N) is 1. The van der Waals surface area contributed by atoms with Crippen LogP contribution in [0.5, 0.6) is 0 Å². The van der Waals surface area contributed by atoms with Crippen molar-refractivity contribution in [1.82, 2.24) is 5.32 Å². The van der Waals surface area contributed by atoms with Gasteiger partial charge in [-0.2, -0.15) is 0 Å². The Balaban J connectivity index is 3.36. The fourth-order valence-electron chi connectivity index (χ4n) is 12.8. The summed E-state index contributed by atoms with van der Waals surface area (Å²) >= 11 is 0. The number of rotatable bonds is 76. The molecule has 0 rings (SSSR count). The average molecular weight is 1240 g/mol. The molecule has 6 nitrogen and oxygen atoms in total. The van der Waals surface area contributed by atoms with Crippen LogP contribution in [-0.2, 0) is 14.3 Å². The number of unbranched alkanes of at least 4 members (excludes halogenated alkanes) is 59. The minimum absolute atomic E-state index is 0.0142. The van der Waals surface area contributed by atoms with Crippen LogP contribution in [0.3, 0.4) is 0 Å². The highest BCUT2D eigenvalue weighted by atomic mass is 16.5. The largest absolute Gasteiger partial charge is 0.466 e. The third-order valence-corrected chi connectivity index (χ3v) is 18.9. The van der Waals surface area contributed by atoms with E-state index in [2.05, 4.69) is 55.6 Å². The second-order valence-electron chi connectivity index (χ2n) is 27.7. The normalized spacial score (nSPS) is 12.6. The minimum Gasteiger partial charge on any atom is -0.466 e. The summed E-state index contributed by atoms with van der Waals surface area (Å²) in [6, 6.07) is -0.542. The topological polar surface area (TPSA) is 95.9 Å². The molecule has 0 fully saturated rings. The van der Waals surface area contributed by atoms with Gasteiger partial charge < -0.3 is 20.3 Å². The molecule has 0 aromatic carbocycles. The molecule has 0 radical (unpaired) electrons. The highest BCUT2D eigenvalue weighted by Crippen LogP contribution is 2.20. The molecule has 0 saturated carbocycles. The van der Waals surface area contributed by atoms with E-state index in [0.717, 1.165) is 51.4 Å². The number of esters is 1. The Morgan fingerprint density at radius 1 is 0.318 bits per heavy atom. The van der Waals surface area contributed by atoms with E-state index < -0.39 is 12.1 Å². The average Bonchev–Trinajstić information content (AvgIpc) is 3.58.